The van der Waals surface area contributed by atoms with Gasteiger partial charge in [0, 0.05) is 16.3 Å². The van der Waals surface area contributed by atoms with Gasteiger partial charge in [-0.05, 0) is 54.6 Å². The first-order valence-corrected chi connectivity index (χ1v) is 9.00. The molecule has 0 saturated heterocycles. The Labute approximate surface area is 155 Å². The molecule has 124 valence electrons. The van der Waals surface area contributed by atoms with Crippen molar-refractivity contribution in [2.24, 2.45) is 0 Å². The molecule has 3 aromatic rings. The summed E-state index contributed by atoms with van der Waals surface area (Å²) in [4.78, 5) is 14.4. The standard InChI is InChI=1S/C20H14ClNO2S/c21-14-7-5-13(6-8-14)16(23)12-22-15-9-10-18-20(11-15)25-19-4-2-1-3-17(19)24-18/h1-11,22H,12H2. The van der Waals surface area contributed by atoms with Crippen molar-refractivity contribution in [3.05, 3.63) is 77.3 Å². The van der Waals surface area contributed by atoms with Gasteiger partial charge in [0.25, 0.3) is 0 Å². The van der Waals surface area contributed by atoms with E-state index in [4.69, 9.17) is 16.3 Å². The second-order valence-electron chi connectivity index (χ2n) is 5.60. The van der Waals surface area contributed by atoms with Gasteiger partial charge in [-0.3, -0.25) is 4.79 Å². The molecular weight excluding hydrogens is 354 g/mol. The molecule has 3 nitrogen and oxygen atoms in total. The first kappa shape index (κ1) is 16.1. The molecule has 0 radical (unpaired) electrons. The van der Waals surface area contributed by atoms with Gasteiger partial charge in [0.15, 0.2) is 5.78 Å². The highest BCUT2D eigenvalue weighted by molar-refractivity contribution is 7.99. The van der Waals surface area contributed by atoms with Crippen LogP contribution in [0.25, 0.3) is 0 Å². The van der Waals surface area contributed by atoms with Crippen LogP contribution < -0.4 is 10.1 Å². The Balaban J connectivity index is 1.46. The third kappa shape index (κ3) is 3.50. The number of carbonyl (C=O) groups excluding carboxylic acids is 1. The van der Waals surface area contributed by atoms with E-state index in [0.717, 1.165) is 27.0 Å². The molecule has 0 aromatic heterocycles. The maximum absolute atomic E-state index is 12.2. The molecule has 4 rings (SSSR count). The number of carbonyl (C=O) groups is 1. The van der Waals surface area contributed by atoms with Gasteiger partial charge in [-0.1, -0.05) is 35.5 Å². The Bertz CT molecular complexity index is 941. The molecule has 0 saturated carbocycles. The monoisotopic (exact) mass is 367 g/mol. The number of anilines is 1. The fourth-order valence-corrected chi connectivity index (χ4v) is 3.67. The molecule has 3 aromatic carbocycles. The highest BCUT2D eigenvalue weighted by Gasteiger charge is 2.17. The van der Waals surface area contributed by atoms with Crippen LogP contribution in [0, 0.1) is 0 Å². The highest BCUT2D eigenvalue weighted by Crippen LogP contribution is 2.47. The van der Waals surface area contributed by atoms with E-state index < -0.39 is 0 Å². The van der Waals surface area contributed by atoms with Crippen molar-refractivity contribution in [1.29, 1.82) is 0 Å². The van der Waals surface area contributed by atoms with Gasteiger partial charge < -0.3 is 10.1 Å². The Morgan fingerprint density at radius 2 is 1.72 bits per heavy atom. The lowest BCUT2D eigenvalue weighted by Gasteiger charge is -2.20. The number of hydrogen-bond acceptors (Lipinski definition) is 4. The van der Waals surface area contributed by atoms with Gasteiger partial charge in [0.05, 0.1) is 16.3 Å². The molecule has 0 unspecified atom stereocenters. The summed E-state index contributed by atoms with van der Waals surface area (Å²) in [5.41, 5.74) is 1.53. The number of rotatable bonds is 4. The molecule has 0 spiro atoms. The molecule has 0 fully saturated rings. The fraction of sp³-hybridized carbons (Fsp3) is 0.0500. The lowest BCUT2D eigenvalue weighted by molar-refractivity contribution is 0.101. The number of nitrogens with one attached hydrogen (secondary N) is 1. The molecule has 1 N–H and O–H groups in total. The van der Waals surface area contributed by atoms with Crippen molar-refractivity contribution < 1.29 is 9.53 Å². The van der Waals surface area contributed by atoms with Crippen molar-refractivity contribution >= 4 is 34.8 Å². The minimum atomic E-state index is 0.0173. The number of ketones is 1. The summed E-state index contributed by atoms with van der Waals surface area (Å²) in [5, 5.41) is 3.80. The second kappa shape index (κ2) is 6.82. The van der Waals surface area contributed by atoms with Gasteiger partial charge in [-0.25, -0.2) is 0 Å². The molecule has 0 amide bonds. The molecule has 0 atom stereocenters. The van der Waals surface area contributed by atoms with Crippen LogP contribution in [0.2, 0.25) is 5.02 Å². The predicted molar refractivity (Wildman–Crippen MR) is 101 cm³/mol. The topological polar surface area (TPSA) is 38.3 Å². The number of fused-ring (bicyclic) bond motifs is 2. The van der Waals surface area contributed by atoms with Crippen LogP contribution in [0.15, 0.2) is 76.5 Å². The van der Waals surface area contributed by atoms with Crippen molar-refractivity contribution in [1.82, 2.24) is 0 Å². The van der Waals surface area contributed by atoms with E-state index in [1.165, 1.54) is 0 Å². The molecular formula is C20H14ClNO2S. The summed E-state index contributed by atoms with van der Waals surface area (Å²) >= 11 is 7.52. The zero-order valence-electron chi connectivity index (χ0n) is 13.2. The van der Waals surface area contributed by atoms with Gasteiger partial charge in [-0.15, -0.1) is 0 Å². The number of Topliss-reactive ketones (excluding diaryl/α,β-unsaturated/α-hetero) is 1. The number of para-hydroxylation sites is 1. The first-order chi connectivity index (χ1) is 12.2. The van der Waals surface area contributed by atoms with Gasteiger partial charge in [0.1, 0.15) is 11.5 Å². The van der Waals surface area contributed by atoms with Gasteiger partial charge in [0.2, 0.25) is 0 Å². The summed E-state index contributed by atoms with van der Waals surface area (Å²) < 4.78 is 5.91. The number of hydrogen-bond donors (Lipinski definition) is 1. The zero-order chi connectivity index (χ0) is 17.2. The first-order valence-electron chi connectivity index (χ1n) is 7.80. The van der Waals surface area contributed by atoms with Gasteiger partial charge in [-0.2, -0.15) is 0 Å². The Hall–Kier alpha value is -2.43. The SMILES string of the molecule is O=C(CNc1ccc2c(c1)Sc1ccccc1O2)c1ccc(Cl)cc1. The van der Waals surface area contributed by atoms with Gasteiger partial charge >= 0.3 is 0 Å². The smallest absolute Gasteiger partial charge is 0.181 e. The number of ether oxygens (including phenoxy) is 1. The second-order valence-corrected chi connectivity index (χ2v) is 7.12. The number of benzene rings is 3. The van der Waals surface area contributed by atoms with Crippen LogP contribution in [-0.2, 0) is 0 Å². The van der Waals surface area contributed by atoms with E-state index in [0.29, 0.717) is 10.6 Å². The summed E-state index contributed by atoms with van der Waals surface area (Å²) in [6.07, 6.45) is 0. The van der Waals surface area contributed by atoms with E-state index in [1.807, 2.05) is 42.5 Å². The van der Waals surface area contributed by atoms with Crippen molar-refractivity contribution in [3.8, 4) is 11.5 Å². The third-order valence-corrected chi connectivity index (χ3v) is 5.20. The molecule has 1 aliphatic rings. The fourth-order valence-electron chi connectivity index (χ4n) is 2.56. The van der Waals surface area contributed by atoms with E-state index in [1.54, 1.807) is 36.0 Å². The van der Waals surface area contributed by atoms with Crippen LogP contribution in [-0.4, -0.2) is 12.3 Å². The Morgan fingerprint density at radius 3 is 2.56 bits per heavy atom. The van der Waals surface area contributed by atoms with E-state index in [9.17, 15) is 4.79 Å². The van der Waals surface area contributed by atoms with E-state index >= 15 is 0 Å². The third-order valence-electron chi connectivity index (χ3n) is 3.85. The van der Waals surface area contributed by atoms with Crippen molar-refractivity contribution in [2.75, 3.05) is 11.9 Å². The zero-order valence-corrected chi connectivity index (χ0v) is 14.7. The quantitative estimate of drug-likeness (QED) is 0.456. The molecule has 1 aliphatic heterocycles. The molecule has 25 heavy (non-hydrogen) atoms. The average molecular weight is 368 g/mol. The Morgan fingerprint density at radius 1 is 0.960 bits per heavy atom. The minimum Gasteiger partial charge on any atom is -0.455 e. The van der Waals surface area contributed by atoms with Crippen LogP contribution >= 0.6 is 23.4 Å². The summed E-state index contributed by atoms with van der Waals surface area (Å²) in [5.74, 6) is 1.72. The molecule has 1 heterocycles. The normalized spacial score (nSPS) is 11.9. The lowest BCUT2D eigenvalue weighted by atomic mass is 10.1. The van der Waals surface area contributed by atoms with E-state index in [-0.39, 0.29) is 12.3 Å². The van der Waals surface area contributed by atoms with Crippen LogP contribution in [0.1, 0.15) is 10.4 Å². The van der Waals surface area contributed by atoms with Crippen molar-refractivity contribution in [2.45, 2.75) is 9.79 Å². The average Bonchev–Trinajstić information content (AvgIpc) is 2.65. The maximum atomic E-state index is 12.2. The van der Waals surface area contributed by atoms with Crippen LogP contribution in [0.3, 0.4) is 0 Å². The number of halogens is 1. The van der Waals surface area contributed by atoms with Crippen molar-refractivity contribution in [3.63, 3.8) is 0 Å². The largest absolute Gasteiger partial charge is 0.455 e. The summed E-state index contributed by atoms with van der Waals surface area (Å²) in [6, 6.07) is 20.7. The molecule has 0 bridgehead atoms. The minimum absolute atomic E-state index is 0.0173. The predicted octanol–water partition coefficient (Wildman–Crippen LogP) is 5.89. The lowest BCUT2D eigenvalue weighted by Crippen LogP contribution is -2.14. The Kier molecular flexibility index (Phi) is 4.38. The summed E-state index contributed by atoms with van der Waals surface area (Å²) in [7, 11) is 0. The molecule has 5 heteroatoms. The van der Waals surface area contributed by atoms with Crippen LogP contribution in [0.5, 0.6) is 11.5 Å². The summed E-state index contributed by atoms with van der Waals surface area (Å²) in [6.45, 7) is 0.225. The van der Waals surface area contributed by atoms with Crippen LogP contribution in [0.4, 0.5) is 5.69 Å². The maximum Gasteiger partial charge on any atom is 0.181 e. The molecule has 0 aliphatic carbocycles. The van der Waals surface area contributed by atoms with E-state index in [2.05, 4.69) is 5.32 Å². The highest BCUT2D eigenvalue weighted by atomic mass is 35.5.